The summed E-state index contributed by atoms with van der Waals surface area (Å²) in [7, 11) is 4.97. The highest BCUT2D eigenvalue weighted by atomic mass is 16.5. The SMILES string of the molecule is COc1ccc(N2C[C@H](C(=O)N(C)[C@H]3CCNC3)CC2=O)cc1OC. The Morgan fingerprint density at radius 3 is 2.68 bits per heavy atom. The Morgan fingerprint density at radius 1 is 1.28 bits per heavy atom. The molecule has 136 valence electrons. The Kier molecular flexibility index (Phi) is 5.13. The van der Waals surface area contributed by atoms with Crippen LogP contribution in [0.5, 0.6) is 11.5 Å². The minimum absolute atomic E-state index is 0.0384. The Balaban J connectivity index is 1.73. The zero-order valence-electron chi connectivity index (χ0n) is 14.9. The standard InChI is InChI=1S/C18H25N3O4/c1-20(14-6-7-19-10-14)18(23)12-8-17(22)21(11-12)13-4-5-15(24-2)16(9-13)25-3/h4-5,9,12,14,19H,6-8,10-11H2,1-3H3/t12-,14+/m1/s1. The van der Waals surface area contributed by atoms with Crippen molar-refractivity contribution in [1.29, 1.82) is 0 Å². The van der Waals surface area contributed by atoms with Gasteiger partial charge in [0.1, 0.15) is 0 Å². The first kappa shape index (κ1) is 17.5. The van der Waals surface area contributed by atoms with E-state index in [4.69, 9.17) is 9.47 Å². The molecule has 1 aromatic carbocycles. The number of nitrogens with one attached hydrogen (secondary N) is 1. The van der Waals surface area contributed by atoms with Crippen LogP contribution in [-0.4, -0.2) is 63.7 Å². The van der Waals surface area contributed by atoms with E-state index in [2.05, 4.69) is 5.32 Å². The fourth-order valence-corrected chi connectivity index (χ4v) is 3.55. The molecule has 2 heterocycles. The van der Waals surface area contributed by atoms with Gasteiger partial charge in [0, 0.05) is 44.4 Å². The highest BCUT2D eigenvalue weighted by molar-refractivity contribution is 6.00. The van der Waals surface area contributed by atoms with Crippen molar-refractivity contribution >= 4 is 17.5 Å². The van der Waals surface area contributed by atoms with E-state index in [1.807, 2.05) is 13.1 Å². The van der Waals surface area contributed by atoms with Crippen molar-refractivity contribution in [3.63, 3.8) is 0 Å². The molecule has 2 aliphatic rings. The molecule has 2 fully saturated rings. The number of carbonyl (C=O) groups excluding carboxylic acids is 2. The number of likely N-dealkylation sites (N-methyl/N-ethyl adjacent to an activating group) is 1. The second-order valence-corrected chi connectivity index (χ2v) is 6.54. The fraction of sp³-hybridized carbons (Fsp3) is 0.556. The highest BCUT2D eigenvalue weighted by Gasteiger charge is 2.38. The summed E-state index contributed by atoms with van der Waals surface area (Å²) < 4.78 is 10.5. The van der Waals surface area contributed by atoms with Gasteiger partial charge in [-0.15, -0.1) is 0 Å². The molecule has 7 heteroatoms. The van der Waals surface area contributed by atoms with Crippen molar-refractivity contribution in [3.05, 3.63) is 18.2 Å². The van der Waals surface area contributed by atoms with E-state index in [1.165, 1.54) is 0 Å². The van der Waals surface area contributed by atoms with Crippen LogP contribution in [0, 0.1) is 5.92 Å². The quantitative estimate of drug-likeness (QED) is 0.856. The van der Waals surface area contributed by atoms with Crippen molar-refractivity contribution in [2.75, 3.05) is 45.8 Å². The number of amides is 2. The van der Waals surface area contributed by atoms with E-state index >= 15 is 0 Å². The smallest absolute Gasteiger partial charge is 0.228 e. The molecule has 0 aliphatic carbocycles. The van der Waals surface area contributed by atoms with Gasteiger partial charge in [-0.05, 0) is 25.1 Å². The molecule has 1 N–H and O–H groups in total. The van der Waals surface area contributed by atoms with Crippen molar-refractivity contribution in [2.24, 2.45) is 5.92 Å². The first-order chi connectivity index (χ1) is 12.0. The van der Waals surface area contributed by atoms with Crippen LogP contribution in [0.3, 0.4) is 0 Å². The van der Waals surface area contributed by atoms with Gasteiger partial charge in [0.25, 0.3) is 0 Å². The Bertz CT molecular complexity index is 658. The van der Waals surface area contributed by atoms with Crippen molar-refractivity contribution in [1.82, 2.24) is 10.2 Å². The number of anilines is 1. The summed E-state index contributed by atoms with van der Waals surface area (Å²) in [6.45, 7) is 2.16. The molecule has 25 heavy (non-hydrogen) atoms. The van der Waals surface area contributed by atoms with Crippen LogP contribution in [0.25, 0.3) is 0 Å². The third kappa shape index (κ3) is 3.42. The molecule has 2 amide bonds. The van der Waals surface area contributed by atoms with Crippen LogP contribution in [0.1, 0.15) is 12.8 Å². The molecule has 0 aromatic heterocycles. The van der Waals surface area contributed by atoms with Gasteiger partial charge in [-0.3, -0.25) is 9.59 Å². The van der Waals surface area contributed by atoms with Crippen molar-refractivity contribution in [3.8, 4) is 11.5 Å². The molecule has 3 rings (SSSR count). The minimum atomic E-state index is -0.300. The van der Waals surface area contributed by atoms with Gasteiger partial charge in [0.05, 0.1) is 20.1 Å². The van der Waals surface area contributed by atoms with Crippen LogP contribution < -0.4 is 19.7 Å². The topological polar surface area (TPSA) is 71.1 Å². The summed E-state index contributed by atoms with van der Waals surface area (Å²) in [4.78, 5) is 28.7. The first-order valence-electron chi connectivity index (χ1n) is 8.55. The van der Waals surface area contributed by atoms with Crippen LogP contribution in [0.2, 0.25) is 0 Å². The molecule has 2 saturated heterocycles. The lowest BCUT2D eigenvalue weighted by molar-refractivity contribution is -0.136. The van der Waals surface area contributed by atoms with E-state index < -0.39 is 0 Å². The van der Waals surface area contributed by atoms with Gasteiger partial charge >= 0.3 is 0 Å². The van der Waals surface area contributed by atoms with Gasteiger partial charge in [0.2, 0.25) is 11.8 Å². The molecule has 7 nitrogen and oxygen atoms in total. The van der Waals surface area contributed by atoms with E-state index in [0.29, 0.717) is 18.0 Å². The molecule has 0 unspecified atom stereocenters. The monoisotopic (exact) mass is 347 g/mol. The van der Waals surface area contributed by atoms with Gasteiger partial charge in [-0.25, -0.2) is 0 Å². The van der Waals surface area contributed by atoms with E-state index in [-0.39, 0.29) is 30.2 Å². The van der Waals surface area contributed by atoms with Gasteiger partial charge in [0.15, 0.2) is 11.5 Å². The third-order valence-electron chi connectivity index (χ3n) is 5.08. The van der Waals surface area contributed by atoms with Crippen LogP contribution in [-0.2, 0) is 9.59 Å². The maximum Gasteiger partial charge on any atom is 0.228 e. The zero-order chi connectivity index (χ0) is 18.0. The van der Waals surface area contributed by atoms with Gasteiger partial charge < -0.3 is 24.6 Å². The zero-order valence-corrected chi connectivity index (χ0v) is 14.9. The summed E-state index contributed by atoms with van der Waals surface area (Å²) in [5.74, 6) is 0.885. The third-order valence-corrected chi connectivity index (χ3v) is 5.08. The minimum Gasteiger partial charge on any atom is -0.493 e. The molecular weight excluding hydrogens is 322 g/mol. The molecule has 0 bridgehead atoms. The highest BCUT2D eigenvalue weighted by Crippen LogP contribution is 2.34. The Labute approximate surface area is 147 Å². The molecule has 0 spiro atoms. The predicted molar refractivity (Wildman–Crippen MR) is 94.1 cm³/mol. The number of ether oxygens (including phenoxy) is 2. The first-order valence-corrected chi connectivity index (χ1v) is 8.55. The van der Waals surface area contributed by atoms with Gasteiger partial charge in [-0.2, -0.15) is 0 Å². The average Bonchev–Trinajstić information content (AvgIpc) is 3.29. The number of methoxy groups -OCH3 is 2. The second kappa shape index (κ2) is 7.31. The number of carbonyl (C=O) groups is 2. The lowest BCUT2D eigenvalue weighted by atomic mass is 10.1. The molecular formula is C18H25N3O4. The second-order valence-electron chi connectivity index (χ2n) is 6.54. The molecule has 0 saturated carbocycles. The molecule has 2 atom stereocenters. The molecule has 2 aliphatic heterocycles. The predicted octanol–water partition coefficient (Wildman–Crippen LogP) is 0.877. The lowest BCUT2D eigenvalue weighted by Crippen LogP contribution is -2.42. The maximum absolute atomic E-state index is 12.8. The molecule has 1 aromatic rings. The number of hydrogen-bond donors (Lipinski definition) is 1. The lowest BCUT2D eigenvalue weighted by Gasteiger charge is -2.26. The van der Waals surface area contributed by atoms with E-state index in [1.54, 1.807) is 36.2 Å². The summed E-state index contributed by atoms with van der Waals surface area (Å²) in [5, 5.41) is 3.27. The van der Waals surface area contributed by atoms with Crippen LogP contribution in [0.15, 0.2) is 18.2 Å². The van der Waals surface area contributed by atoms with Crippen LogP contribution >= 0.6 is 0 Å². The number of rotatable bonds is 5. The summed E-state index contributed by atoms with van der Waals surface area (Å²) in [5.41, 5.74) is 0.725. The van der Waals surface area contributed by atoms with Crippen molar-refractivity contribution < 1.29 is 19.1 Å². The fourth-order valence-electron chi connectivity index (χ4n) is 3.55. The van der Waals surface area contributed by atoms with Crippen LogP contribution in [0.4, 0.5) is 5.69 Å². The Morgan fingerprint density at radius 2 is 2.04 bits per heavy atom. The summed E-state index contributed by atoms with van der Waals surface area (Å²) in [6.07, 6.45) is 1.21. The molecule has 0 radical (unpaired) electrons. The number of nitrogens with zero attached hydrogens (tertiary/aromatic N) is 2. The number of benzene rings is 1. The van der Waals surface area contributed by atoms with E-state index in [9.17, 15) is 9.59 Å². The van der Waals surface area contributed by atoms with E-state index in [0.717, 1.165) is 25.2 Å². The summed E-state index contributed by atoms with van der Waals surface area (Å²) >= 11 is 0. The largest absolute Gasteiger partial charge is 0.493 e. The Hall–Kier alpha value is -2.28. The van der Waals surface area contributed by atoms with Crippen molar-refractivity contribution in [2.45, 2.75) is 18.9 Å². The normalized spacial score (nSPS) is 23.0. The average molecular weight is 347 g/mol. The number of hydrogen-bond acceptors (Lipinski definition) is 5. The van der Waals surface area contributed by atoms with Gasteiger partial charge in [-0.1, -0.05) is 0 Å². The maximum atomic E-state index is 12.8. The summed E-state index contributed by atoms with van der Waals surface area (Å²) in [6, 6.07) is 5.58.